The summed E-state index contributed by atoms with van der Waals surface area (Å²) in [6.45, 7) is 6.46. The first-order valence-electron chi connectivity index (χ1n) is 7.06. The molecule has 0 aromatic heterocycles. The fraction of sp³-hybridized carbons (Fsp3) is 0.867. The molecule has 96 valence electrons. The number of hydrogen-bond donors (Lipinski definition) is 1. The van der Waals surface area contributed by atoms with Gasteiger partial charge in [-0.05, 0) is 18.4 Å². The summed E-state index contributed by atoms with van der Waals surface area (Å²) in [5.74, 6) is 1.05. The number of aliphatic hydroxyl groups excluding tert-OH is 1. The van der Waals surface area contributed by atoms with Crippen LogP contribution in [0, 0.1) is 5.92 Å². The maximum Gasteiger partial charge on any atom is 0.0885 e. The Labute approximate surface area is 102 Å². The molecule has 1 heteroatoms. The van der Waals surface area contributed by atoms with Crippen LogP contribution in [0.15, 0.2) is 11.8 Å². The number of unbranched alkanes of at least 4 members (excludes halogenated alkanes) is 7. The Balaban J connectivity index is 3.21. The predicted octanol–water partition coefficient (Wildman–Crippen LogP) is 5.62. The number of hydrogen-bond acceptors (Lipinski definition) is 1. The lowest BCUT2D eigenvalue weighted by Gasteiger charge is -2.03. The van der Waals surface area contributed by atoms with Gasteiger partial charge >= 0.3 is 0 Å². The second-order valence-electron chi connectivity index (χ2n) is 5.13. The van der Waals surface area contributed by atoms with Gasteiger partial charge in [-0.2, -0.15) is 0 Å². The van der Waals surface area contributed by atoms with Crippen LogP contribution in [0.25, 0.3) is 0 Å². The number of rotatable bonds is 10. The highest BCUT2D eigenvalue weighted by atomic mass is 16.3. The zero-order valence-electron chi connectivity index (χ0n) is 11.5. The Hall–Kier alpha value is -0.460. The average Bonchev–Trinajstić information content (AvgIpc) is 2.21. The van der Waals surface area contributed by atoms with Crippen LogP contribution >= 0.6 is 0 Å². The van der Waals surface area contributed by atoms with Crippen LogP contribution in [0.1, 0.15) is 78.6 Å². The van der Waals surface area contributed by atoms with Gasteiger partial charge in [0.05, 0.1) is 5.76 Å². The standard InChI is InChI=1S/C15H30O/c1-4-5-6-7-8-9-10-11-12-15(16)13-14(2)3/h13-14,16H,4-12H2,1-3H3. The zero-order valence-corrected chi connectivity index (χ0v) is 11.5. The van der Waals surface area contributed by atoms with Gasteiger partial charge in [-0.3, -0.25) is 0 Å². The fourth-order valence-electron chi connectivity index (χ4n) is 1.91. The highest BCUT2D eigenvalue weighted by Crippen LogP contribution is 2.12. The molecule has 0 saturated heterocycles. The lowest BCUT2D eigenvalue weighted by molar-refractivity contribution is 0.374. The van der Waals surface area contributed by atoms with Crippen molar-refractivity contribution < 1.29 is 5.11 Å². The molecule has 0 heterocycles. The Morgan fingerprint density at radius 3 is 1.94 bits per heavy atom. The Morgan fingerprint density at radius 2 is 1.44 bits per heavy atom. The molecule has 0 atom stereocenters. The molecule has 0 bridgehead atoms. The Kier molecular flexibility index (Phi) is 10.7. The summed E-state index contributed by atoms with van der Waals surface area (Å²) in [5.41, 5.74) is 0. The normalized spacial score (nSPS) is 12.4. The Morgan fingerprint density at radius 1 is 0.938 bits per heavy atom. The monoisotopic (exact) mass is 226 g/mol. The third-order valence-electron chi connectivity index (χ3n) is 2.81. The lowest BCUT2D eigenvalue weighted by Crippen LogP contribution is -1.88. The van der Waals surface area contributed by atoms with Gasteiger partial charge in [0.25, 0.3) is 0 Å². The van der Waals surface area contributed by atoms with Gasteiger partial charge in [-0.1, -0.05) is 65.7 Å². The van der Waals surface area contributed by atoms with Gasteiger partial charge in [0.1, 0.15) is 0 Å². The van der Waals surface area contributed by atoms with E-state index in [4.69, 9.17) is 0 Å². The molecule has 0 aromatic rings. The highest BCUT2D eigenvalue weighted by molar-refractivity contribution is 4.92. The van der Waals surface area contributed by atoms with Crippen molar-refractivity contribution in [3.8, 4) is 0 Å². The SMILES string of the molecule is CCCCCCCCCCC(O)=CC(C)C. The van der Waals surface area contributed by atoms with E-state index in [0.717, 1.165) is 12.8 Å². The van der Waals surface area contributed by atoms with E-state index in [1.807, 2.05) is 6.08 Å². The van der Waals surface area contributed by atoms with E-state index >= 15 is 0 Å². The van der Waals surface area contributed by atoms with E-state index in [0.29, 0.717) is 11.7 Å². The molecule has 1 nitrogen and oxygen atoms in total. The van der Waals surface area contributed by atoms with Crippen molar-refractivity contribution in [2.24, 2.45) is 5.92 Å². The van der Waals surface area contributed by atoms with Crippen molar-refractivity contribution in [2.45, 2.75) is 78.6 Å². The smallest absolute Gasteiger partial charge is 0.0885 e. The van der Waals surface area contributed by atoms with E-state index < -0.39 is 0 Å². The van der Waals surface area contributed by atoms with Crippen LogP contribution in [0.4, 0.5) is 0 Å². The molecule has 0 amide bonds. The molecule has 0 spiro atoms. The summed E-state index contributed by atoms with van der Waals surface area (Å²) >= 11 is 0. The van der Waals surface area contributed by atoms with Crippen molar-refractivity contribution >= 4 is 0 Å². The van der Waals surface area contributed by atoms with Crippen LogP contribution in [0.5, 0.6) is 0 Å². The van der Waals surface area contributed by atoms with Gasteiger partial charge in [0.2, 0.25) is 0 Å². The minimum absolute atomic E-state index is 0.467. The molecular formula is C15H30O. The van der Waals surface area contributed by atoms with Gasteiger partial charge in [0.15, 0.2) is 0 Å². The van der Waals surface area contributed by atoms with E-state index in [9.17, 15) is 5.11 Å². The van der Waals surface area contributed by atoms with E-state index in [1.165, 1.54) is 44.9 Å². The molecule has 0 rings (SSSR count). The maximum absolute atomic E-state index is 9.55. The first kappa shape index (κ1) is 15.5. The van der Waals surface area contributed by atoms with Crippen molar-refractivity contribution in [1.29, 1.82) is 0 Å². The molecular weight excluding hydrogens is 196 g/mol. The van der Waals surface area contributed by atoms with Gasteiger partial charge in [0, 0.05) is 6.42 Å². The zero-order chi connectivity index (χ0) is 12.2. The predicted molar refractivity (Wildman–Crippen MR) is 72.8 cm³/mol. The topological polar surface area (TPSA) is 20.2 Å². The van der Waals surface area contributed by atoms with Crippen LogP contribution in [0.3, 0.4) is 0 Å². The first-order chi connectivity index (χ1) is 7.66. The van der Waals surface area contributed by atoms with Gasteiger partial charge < -0.3 is 5.11 Å². The van der Waals surface area contributed by atoms with Crippen LogP contribution in [0.2, 0.25) is 0 Å². The average molecular weight is 226 g/mol. The molecule has 0 aromatic carbocycles. The summed E-state index contributed by atoms with van der Waals surface area (Å²) in [5, 5.41) is 9.55. The summed E-state index contributed by atoms with van der Waals surface area (Å²) in [4.78, 5) is 0. The van der Waals surface area contributed by atoms with Gasteiger partial charge in [-0.15, -0.1) is 0 Å². The van der Waals surface area contributed by atoms with Crippen molar-refractivity contribution in [2.75, 3.05) is 0 Å². The molecule has 0 unspecified atom stereocenters. The minimum atomic E-state index is 0.467. The molecule has 16 heavy (non-hydrogen) atoms. The van der Waals surface area contributed by atoms with E-state index in [2.05, 4.69) is 20.8 Å². The molecule has 1 N–H and O–H groups in total. The van der Waals surface area contributed by atoms with Crippen molar-refractivity contribution in [3.63, 3.8) is 0 Å². The summed E-state index contributed by atoms with van der Waals surface area (Å²) in [6, 6.07) is 0. The molecule has 0 aliphatic carbocycles. The van der Waals surface area contributed by atoms with E-state index in [-0.39, 0.29) is 0 Å². The second kappa shape index (κ2) is 11.0. The number of aliphatic hydroxyl groups is 1. The van der Waals surface area contributed by atoms with Crippen molar-refractivity contribution in [3.05, 3.63) is 11.8 Å². The third kappa shape index (κ3) is 11.6. The summed E-state index contributed by atoms with van der Waals surface area (Å²) in [7, 11) is 0. The van der Waals surface area contributed by atoms with Crippen molar-refractivity contribution in [1.82, 2.24) is 0 Å². The number of allylic oxidation sites excluding steroid dienone is 2. The summed E-state index contributed by atoms with van der Waals surface area (Å²) in [6.07, 6.45) is 13.4. The molecule has 0 aliphatic heterocycles. The highest BCUT2D eigenvalue weighted by Gasteiger charge is 1.96. The summed E-state index contributed by atoms with van der Waals surface area (Å²) < 4.78 is 0. The van der Waals surface area contributed by atoms with Gasteiger partial charge in [-0.25, -0.2) is 0 Å². The minimum Gasteiger partial charge on any atom is -0.513 e. The molecule has 0 radical (unpaired) electrons. The largest absolute Gasteiger partial charge is 0.513 e. The van der Waals surface area contributed by atoms with E-state index in [1.54, 1.807) is 0 Å². The maximum atomic E-state index is 9.55. The first-order valence-corrected chi connectivity index (χ1v) is 7.06. The Bertz CT molecular complexity index is 170. The molecule has 0 aliphatic rings. The fourth-order valence-corrected chi connectivity index (χ4v) is 1.91. The molecule has 0 saturated carbocycles. The van der Waals surface area contributed by atoms with Crippen LogP contribution < -0.4 is 0 Å². The van der Waals surface area contributed by atoms with Crippen LogP contribution in [-0.4, -0.2) is 5.11 Å². The third-order valence-corrected chi connectivity index (χ3v) is 2.81. The molecule has 0 fully saturated rings. The lowest BCUT2D eigenvalue weighted by atomic mass is 10.1. The van der Waals surface area contributed by atoms with Crippen LogP contribution in [-0.2, 0) is 0 Å². The second-order valence-corrected chi connectivity index (χ2v) is 5.13. The quantitative estimate of drug-likeness (QED) is 0.379.